The molecule has 1 heterocycles. The molecule has 6 aromatic rings. The minimum Gasteiger partial charge on any atom is -0.506 e. The van der Waals surface area contributed by atoms with Gasteiger partial charge in [0.05, 0.1) is 39.2 Å². The summed E-state index contributed by atoms with van der Waals surface area (Å²) in [5.41, 5.74) is 5.75. The van der Waals surface area contributed by atoms with Gasteiger partial charge in [-0.05, 0) is 104 Å². The quantitative estimate of drug-likeness (QED) is 0.171. The third kappa shape index (κ3) is 10.6. The maximum atomic E-state index is 12.4. The minimum absolute atomic E-state index is 0.177. The van der Waals surface area contributed by atoms with Gasteiger partial charge in [-0.1, -0.05) is 191 Å². The molecular weight excluding hydrogens is 841 g/mol. The molecule has 1 aliphatic heterocycles. The summed E-state index contributed by atoms with van der Waals surface area (Å²) in [6.45, 7) is 27.4. The van der Waals surface area contributed by atoms with E-state index in [2.05, 4.69) is 156 Å². The van der Waals surface area contributed by atoms with Gasteiger partial charge in [-0.15, -0.1) is 0 Å². The summed E-state index contributed by atoms with van der Waals surface area (Å²) in [5.74, 6) is 1.85. The summed E-state index contributed by atoms with van der Waals surface area (Å²) in [6.07, 6.45) is 0. The van der Waals surface area contributed by atoms with Crippen LogP contribution < -0.4 is 9.47 Å². The number of phenolic OH excluding ortho intramolecular Hbond substituents is 2. The lowest BCUT2D eigenvalue weighted by Gasteiger charge is -2.27. The maximum absolute atomic E-state index is 12.4. The highest BCUT2D eigenvalue weighted by Crippen LogP contribution is 2.56. The molecule has 0 unspecified atom stereocenters. The van der Waals surface area contributed by atoms with Crippen molar-refractivity contribution in [2.75, 3.05) is 0 Å². The zero-order chi connectivity index (χ0) is 44.8. The number of hydrogen-bond acceptors (Lipinski definition) is 8. The van der Waals surface area contributed by atoms with Crippen LogP contribution in [-0.4, -0.2) is 10.2 Å². The summed E-state index contributed by atoms with van der Waals surface area (Å²) in [5, 5.41) is 24.7. The maximum Gasteiger partial charge on any atom is 0.147 e. The van der Waals surface area contributed by atoms with E-state index in [9.17, 15) is 10.2 Å². The smallest absolute Gasteiger partial charge is 0.147 e. The lowest BCUT2D eigenvalue weighted by molar-refractivity contribution is 0.289. The minimum atomic E-state index is -0.222. The van der Waals surface area contributed by atoms with Crippen LogP contribution in [0.25, 0.3) is 0 Å². The molecule has 0 aromatic heterocycles. The summed E-state index contributed by atoms with van der Waals surface area (Å²) < 4.78 is 14.0. The zero-order valence-electron chi connectivity index (χ0n) is 38.2. The van der Waals surface area contributed by atoms with Crippen molar-refractivity contribution >= 4 is 47.0 Å². The van der Waals surface area contributed by atoms with E-state index in [-0.39, 0.29) is 33.2 Å². The van der Waals surface area contributed by atoms with Gasteiger partial charge in [0.25, 0.3) is 0 Å². The first kappa shape index (κ1) is 45.9. The predicted octanol–water partition coefficient (Wildman–Crippen LogP) is 16.4. The number of aromatic hydroxyl groups is 2. The molecule has 0 spiro atoms. The SMILES string of the molecule is CC(C)(C)c1cc2c(O)c(c1)Sc1cc(C(C)(C)C)cc(c1OCc1ccccc1)Sc1cc(C(C)(C)C)cc(c1OCc1ccccc1)Sc1cc(C(C)(C)C)cc(c1O)S2. The molecule has 324 valence electrons. The fourth-order valence-corrected chi connectivity index (χ4v) is 11.4. The lowest BCUT2D eigenvalue weighted by atomic mass is 9.87. The normalized spacial score (nSPS) is 13.5. The second-order valence-corrected chi connectivity index (χ2v) is 24.5. The number of phenols is 2. The Bertz CT molecular complexity index is 2400. The Hall–Kier alpha value is -4.08. The third-order valence-corrected chi connectivity index (χ3v) is 15.1. The van der Waals surface area contributed by atoms with Crippen LogP contribution in [0.15, 0.2) is 148 Å². The molecule has 8 heteroatoms. The van der Waals surface area contributed by atoms with Crippen LogP contribution >= 0.6 is 47.0 Å². The van der Waals surface area contributed by atoms with Crippen LogP contribution in [0.4, 0.5) is 0 Å². The molecule has 2 N–H and O–H groups in total. The molecule has 62 heavy (non-hydrogen) atoms. The van der Waals surface area contributed by atoms with Crippen LogP contribution in [-0.2, 0) is 34.9 Å². The fourth-order valence-electron chi connectivity index (χ4n) is 6.88. The van der Waals surface area contributed by atoms with Gasteiger partial charge in [0.1, 0.15) is 36.2 Å². The number of fused-ring (bicyclic) bond motifs is 8. The number of ether oxygens (including phenoxy) is 2. The van der Waals surface area contributed by atoms with Gasteiger partial charge in [-0.25, -0.2) is 0 Å². The predicted molar refractivity (Wildman–Crippen MR) is 262 cm³/mol. The van der Waals surface area contributed by atoms with Gasteiger partial charge in [0.15, 0.2) is 0 Å². The molecule has 1 aliphatic rings. The van der Waals surface area contributed by atoms with E-state index in [0.29, 0.717) is 23.0 Å². The van der Waals surface area contributed by atoms with Crippen LogP contribution in [0.2, 0.25) is 0 Å². The first-order chi connectivity index (χ1) is 29.0. The summed E-state index contributed by atoms with van der Waals surface area (Å²) >= 11 is 6.13. The largest absolute Gasteiger partial charge is 0.506 e. The Balaban J connectivity index is 1.57. The highest BCUT2D eigenvalue weighted by Gasteiger charge is 2.30. The Morgan fingerprint density at radius 1 is 0.355 bits per heavy atom. The second kappa shape index (κ2) is 17.8. The molecule has 0 saturated carbocycles. The Kier molecular flexibility index (Phi) is 13.2. The Morgan fingerprint density at radius 2 is 0.581 bits per heavy atom. The topological polar surface area (TPSA) is 58.9 Å². The van der Waals surface area contributed by atoms with Gasteiger partial charge >= 0.3 is 0 Å². The van der Waals surface area contributed by atoms with E-state index in [4.69, 9.17) is 9.47 Å². The van der Waals surface area contributed by atoms with Crippen molar-refractivity contribution in [1.29, 1.82) is 0 Å². The molecule has 0 atom stereocenters. The van der Waals surface area contributed by atoms with Crippen LogP contribution in [0.5, 0.6) is 23.0 Å². The molecule has 0 radical (unpaired) electrons. The van der Waals surface area contributed by atoms with Gasteiger partial charge in [0.2, 0.25) is 0 Å². The van der Waals surface area contributed by atoms with Crippen molar-refractivity contribution in [3.8, 4) is 23.0 Å². The van der Waals surface area contributed by atoms with Crippen molar-refractivity contribution in [2.24, 2.45) is 0 Å². The van der Waals surface area contributed by atoms with Crippen LogP contribution in [0.3, 0.4) is 0 Å². The lowest BCUT2D eigenvalue weighted by Crippen LogP contribution is -2.13. The number of hydrogen-bond donors (Lipinski definition) is 2. The van der Waals surface area contributed by atoms with Crippen molar-refractivity contribution < 1.29 is 19.7 Å². The Labute approximate surface area is 387 Å². The zero-order valence-corrected chi connectivity index (χ0v) is 41.4. The second-order valence-electron chi connectivity index (χ2n) is 20.2. The van der Waals surface area contributed by atoms with Crippen molar-refractivity contribution in [2.45, 2.75) is 157 Å². The van der Waals surface area contributed by atoms with Gasteiger partial charge in [-0.3, -0.25) is 0 Å². The van der Waals surface area contributed by atoms with E-state index in [0.717, 1.165) is 74.3 Å². The highest BCUT2D eigenvalue weighted by molar-refractivity contribution is 8.01. The monoisotopic (exact) mass is 900 g/mol. The molecule has 4 nitrogen and oxygen atoms in total. The van der Waals surface area contributed by atoms with Crippen LogP contribution in [0, 0.1) is 0 Å². The first-order valence-corrected chi connectivity index (χ1v) is 24.5. The fraction of sp³-hybridized carbons (Fsp3) is 0.333. The average Bonchev–Trinajstić information content (AvgIpc) is 3.18. The molecular formula is C54H60O4S4. The number of benzene rings is 6. The van der Waals surface area contributed by atoms with Gasteiger partial charge in [-0.2, -0.15) is 0 Å². The summed E-state index contributed by atoms with van der Waals surface area (Å²) in [7, 11) is 0. The molecule has 0 saturated heterocycles. The van der Waals surface area contributed by atoms with Crippen molar-refractivity contribution in [1.82, 2.24) is 0 Å². The van der Waals surface area contributed by atoms with Crippen molar-refractivity contribution in [3.63, 3.8) is 0 Å². The van der Waals surface area contributed by atoms with Gasteiger partial charge < -0.3 is 19.7 Å². The van der Waals surface area contributed by atoms with E-state index >= 15 is 0 Å². The van der Waals surface area contributed by atoms with Crippen molar-refractivity contribution in [3.05, 3.63) is 143 Å². The highest BCUT2D eigenvalue weighted by atomic mass is 32.2. The molecule has 0 amide bonds. The third-order valence-electron chi connectivity index (χ3n) is 10.9. The van der Waals surface area contributed by atoms with Crippen LogP contribution in [0.1, 0.15) is 116 Å². The van der Waals surface area contributed by atoms with E-state index in [1.165, 1.54) is 35.3 Å². The number of rotatable bonds is 6. The Morgan fingerprint density at radius 3 is 0.839 bits per heavy atom. The molecule has 7 rings (SSSR count). The first-order valence-electron chi connectivity index (χ1n) is 21.2. The van der Waals surface area contributed by atoms with E-state index in [1.54, 1.807) is 11.8 Å². The van der Waals surface area contributed by atoms with E-state index in [1.807, 2.05) is 36.4 Å². The molecule has 6 aromatic carbocycles. The summed E-state index contributed by atoms with van der Waals surface area (Å²) in [6, 6.07) is 38.0. The average molecular weight is 901 g/mol. The molecule has 8 bridgehead atoms. The standard InChI is InChI=1S/C54H60O4S4/c1-51(2,3)35-23-39-47(55)41(25-35)60-43-27-37(53(7,8)9)29-45(49(43)57-31-33-19-15-13-16-20-33)62-46-30-38(54(10,11)12)28-44(50(46)58-32-34-21-17-14-18-22-34)61-42-26-36(52(4,5)6)24-40(59-39)48(42)56/h13-30,55-56H,31-32H2,1-12H3. The molecule has 0 aliphatic carbocycles. The summed E-state index contributed by atoms with van der Waals surface area (Å²) in [4.78, 5) is 6.54. The van der Waals surface area contributed by atoms with E-state index < -0.39 is 0 Å². The molecule has 0 fully saturated rings. The van der Waals surface area contributed by atoms with Gasteiger partial charge in [0, 0.05) is 0 Å².